The van der Waals surface area contributed by atoms with Crippen LogP contribution in [0, 0.1) is 0 Å². The average molecular weight is 290 g/mol. The van der Waals surface area contributed by atoms with Crippen molar-refractivity contribution >= 4 is 23.6 Å². The molecule has 2 N–H and O–H groups in total. The first-order valence-corrected chi connectivity index (χ1v) is 6.99. The van der Waals surface area contributed by atoms with Crippen LogP contribution in [0.3, 0.4) is 0 Å². The number of carbonyl (C=O) groups is 2. The molecule has 0 aromatic heterocycles. The van der Waals surface area contributed by atoms with Crippen LogP contribution in [0.2, 0.25) is 0 Å². The van der Waals surface area contributed by atoms with Crippen LogP contribution in [-0.2, 0) is 14.3 Å². The largest absolute Gasteiger partial charge is 0.463 e. The number of anilines is 1. The molecule has 21 heavy (non-hydrogen) atoms. The molecule has 0 saturated heterocycles. The van der Waals surface area contributed by atoms with Crippen LogP contribution in [0.5, 0.6) is 0 Å². The zero-order valence-electron chi connectivity index (χ0n) is 12.7. The third-order valence-electron chi connectivity index (χ3n) is 2.56. The van der Waals surface area contributed by atoms with Gasteiger partial charge in [0.2, 0.25) is 5.91 Å². The first-order valence-electron chi connectivity index (χ1n) is 6.99. The summed E-state index contributed by atoms with van der Waals surface area (Å²) in [5, 5.41) is 5.84. The molecule has 0 aliphatic heterocycles. The molecule has 0 radical (unpaired) electrons. The molecule has 0 aliphatic carbocycles. The van der Waals surface area contributed by atoms with E-state index in [0.29, 0.717) is 6.61 Å². The molecule has 1 amide bonds. The van der Waals surface area contributed by atoms with Crippen molar-refractivity contribution < 1.29 is 14.3 Å². The van der Waals surface area contributed by atoms with Gasteiger partial charge < -0.3 is 15.4 Å². The zero-order valence-corrected chi connectivity index (χ0v) is 12.7. The molecule has 5 heteroatoms. The first-order chi connectivity index (χ1) is 10.0. The number of hydrogen-bond acceptors (Lipinski definition) is 4. The number of rotatable bonds is 7. The van der Waals surface area contributed by atoms with Gasteiger partial charge in [-0.15, -0.1) is 0 Å². The number of hydrogen-bond donors (Lipinski definition) is 2. The Hall–Kier alpha value is -2.14. The van der Waals surface area contributed by atoms with E-state index in [1.165, 1.54) is 6.08 Å². The van der Waals surface area contributed by atoms with Gasteiger partial charge in [0.25, 0.3) is 0 Å². The van der Waals surface area contributed by atoms with Crippen LogP contribution in [0.25, 0.3) is 6.08 Å². The molecule has 1 aromatic rings. The number of ether oxygens (including phenoxy) is 1. The summed E-state index contributed by atoms with van der Waals surface area (Å²) in [5.41, 5.74) is 1.58. The second-order valence-electron chi connectivity index (χ2n) is 4.79. The monoisotopic (exact) mass is 290 g/mol. The summed E-state index contributed by atoms with van der Waals surface area (Å²) in [6.45, 7) is 6.37. The number of carbonyl (C=O) groups excluding carboxylic acids is 2. The Morgan fingerprint density at radius 3 is 2.48 bits per heavy atom. The van der Waals surface area contributed by atoms with E-state index in [1.54, 1.807) is 25.1 Å². The minimum Gasteiger partial charge on any atom is -0.463 e. The molecule has 0 saturated carbocycles. The lowest BCUT2D eigenvalue weighted by Gasteiger charge is -2.09. The Kier molecular flexibility index (Phi) is 7.18. The third kappa shape index (κ3) is 7.27. The summed E-state index contributed by atoms with van der Waals surface area (Å²) in [7, 11) is 0. The van der Waals surface area contributed by atoms with Crippen LogP contribution in [0.4, 0.5) is 5.69 Å². The van der Waals surface area contributed by atoms with Gasteiger partial charge in [-0.25, -0.2) is 4.79 Å². The fraction of sp³-hybridized carbons (Fsp3) is 0.375. The predicted octanol–water partition coefficient (Wildman–Crippen LogP) is 2.20. The topological polar surface area (TPSA) is 67.4 Å². The number of esters is 1. The summed E-state index contributed by atoms with van der Waals surface area (Å²) in [4.78, 5) is 22.8. The van der Waals surface area contributed by atoms with Gasteiger partial charge in [-0.3, -0.25) is 4.79 Å². The standard InChI is InChI=1S/C16H22N2O3/c1-4-21-16(20)10-7-13-5-8-14(9-6-13)18-15(19)11-17-12(2)3/h5-10,12,17H,4,11H2,1-3H3,(H,18,19). The van der Waals surface area contributed by atoms with Crippen molar-refractivity contribution in [3.8, 4) is 0 Å². The number of benzene rings is 1. The Balaban J connectivity index is 2.50. The molecular weight excluding hydrogens is 268 g/mol. The van der Waals surface area contributed by atoms with Crippen LogP contribution in [-0.4, -0.2) is 31.1 Å². The lowest BCUT2D eigenvalue weighted by molar-refractivity contribution is -0.137. The maximum atomic E-state index is 11.6. The van der Waals surface area contributed by atoms with Crippen LogP contribution >= 0.6 is 0 Å². The molecule has 0 fully saturated rings. The van der Waals surface area contributed by atoms with Gasteiger partial charge in [0, 0.05) is 17.8 Å². The van der Waals surface area contributed by atoms with Crippen molar-refractivity contribution in [2.24, 2.45) is 0 Å². The fourth-order valence-corrected chi connectivity index (χ4v) is 1.53. The summed E-state index contributed by atoms with van der Waals surface area (Å²) >= 11 is 0. The highest BCUT2D eigenvalue weighted by Gasteiger charge is 2.02. The smallest absolute Gasteiger partial charge is 0.330 e. The summed E-state index contributed by atoms with van der Waals surface area (Å²) in [6.07, 6.45) is 3.05. The summed E-state index contributed by atoms with van der Waals surface area (Å²) in [5.74, 6) is -0.451. The van der Waals surface area contributed by atoms with E-state index in [2.05, 4.69) is 10.6 Å². The second kappa shape index (κ2) is 8.92. The van der Waals surface area contributed by atoms with Gasteiger partial charge in [-0.2, -0.15) is 0 Å². The number of amides is 1. The van der Waals surface area contributed by atoms with Crippen LogP contribution in [0.15, 0.2) is 30.3 Å². The van der Waals surface area contributed by atoms with E-state index in [-0.39, 0.29) is 24.5 Å². The van der Waals surface area contributed by atoms with Crippen molar-refractivity contribution in [2.75, 3.05) is 18.5 Å². The van der Waals surface area contributed by atoms with Gasteiger partial charge in [0.1, 0.15) is 0 Å². The molecule has 5 nitrogen and oxygen atoms in total. The molecule has 0 unspecified atom stereocenters. The molecule has 1 rings (SSSR count). The lowest BCUT2D eigenvalue weighted by Crippen LogP contribution is -2.32. The second-order valence-corrected chi connectivity index (χ2v) is 4.79. The van der Waals surface area contributed by atoms with Crippen LogP contribution < -0.4 is 10.6 Å². The molecule has 1 aromatic carbocycles. The highest BCUT2D eigenvalue weighted by atomic mass is 16.5. The predicted molar refractivity (Wildman–Crippen MR) is 83.9 cm³/mol. The molecular formula is C16H22N2O3. The molecule has 0 aliphatic rings. The Morgan fingerprint density at radius 1 is 1.24 bits per heavy atom. The molecule has 0 heterocycles. The van der Waals surface area contributed by atoms with E-state index in [0.717, 1.165) is 11.3 Å². The Morgan fingerprint density at radius 2 is 1.90 bits per heavy atom. The van der Waals surface area contributed by atoms with Crippen LogP contribution in [0.1, 0.15) is 26.3 Å². The van der Waals surface area contributed by atoms with E-state index >= 15 is 0 Å². The maximum Gasteiger partial charge on any atom is 0.330 e. The first kappa shape index (κ1) is 16.9. The number of nitrogens with one attached hydrogen (secondary N) is 2. The molecule has 114 valence electrons. The van der Waals surface area contributed by atoms with E-state index in [1.807, 2.05) is 26.0 Å². The van der Waals surface area contributed by atoms with Crippen molar-refractivity contribution in [3.05, 3.63) is 35.9 Å². The molecule has 0 atom stereocenters. The van der Waals surface area contributed by atoms with Gasteiger partial charge in [-0.1, -0.05) is 26.0 Å². The van der Waals surface area contributed by atoms with Gasteiger partial charge >= 0.3 is 5.97 Å². The van der Waals surface area contributed by atoms with Crippen molar-refractivity contribution in [1.82, 2.24) is 5.32 Å². The van der Waals surface area contributed by atoms with E-state index < -0.39 is 0 Å². The molecule has 0 bridgehead atoms. The highest BCUT2D eigenvalue weighted by Crippen LogP contribution is 2.10. The zero-order chi connectivity index (χ0) is 15.7. The average Bonchev–Trinajstić information content (AvgIpc) is 2.45. The van der Waals surface area contributed by atoms with E-state index in [9.17, 15) is 9.59 Å². The van der Waals surface area contributed by atoms with Crippen molar-refractivity contribution in [2.45, 2.75) is 26.8 Å². The van der Waals surface area contributed by atoms with Gasteiger partial charge in [-0.05, 0) is 30.7 Å². The minimum atomic E-state index is -0.366. The normalized spacial score (nSPS) is 10.9. The Labute approximate surface area is 125 Å². The third-order valence-corrected chi connectivity index (χ3v) is 2.56. The van der Waals surface area contributed by atoms with Crippen molar-refractivity contribution in [1.29, 1.82) is 0 Å². The van der Waals surface area contributed by atoms with E-state index in [4.69, 9.17) is 4.74 Å². The maximum absolute atomic E-state index is 11.6. The van der Waals surface area contributed by atoms with Gasteiger partial charge in [0.05, 0.1) is 13.2 Å². The SMILES string of the molecule is CCOC(=O)C=Cc1ccc(NC(=O)CNC(C)C)cc1. The minimum absolute atomic E-state index is 0.0847. The van der Waals surface area contributed by atoms with Gasteiger partial charge in [0.15, 0.2) is 0 Å². The summed E-state index contributed by atoms with van der Waals surface area (Å²) < 4.78 is 4.80. The molecule has 0 spiro atoms. The lowest BCUT2D eigenvalue weighted by atomic mass is 10.2. The quantitative estimate of drug-likeness (QED) is 0.597. The van der Waals surface area contributed by atoms with Crippen molar-refractivity contribution in [3.63, 3.8) is 0 Å². The highest BCUT2D eigenvalue weighted by molar-refractivity contribution is 5.92. The Bertz CT molecular complexity index is 493. The fourth-order valence-electron chi connectivity index (χ4n) is 1.53. The summed E-state index contributed by atoms with van der Waals surface area (Å²) in [6, 6.07) is 7.49.